The molecule has 6 heteroatoms. The normalized spacial score (nSPS) is 15.7. The topological polar surface area (TPSA) is 58.5 Å². The fourth-order valence-electron chi connectivity index (χ4n) is 2.46. The zero-order valence-electron chi connectivity index (χ0n) is 14.9. The van der Waals surface area contributed by atoms with Gasteiger partial charge in [-0.2, -0.15) is 0 Å². The Labute approximate surface area is 153 Å². The van der Waals surface area contributed by atoms with Crippen LogP contribution in [0.15, 0.2) is 40.8 Å². The summed E-state index contributed by atoms with van der Waals surface area (Å²) in [5, 5.41) is 8.86. The summed E-state index contributed by atoms with van der Waals surface area (Å²) in [6.45, 7) is 4.55. The van der Waals surface area contributed by atoms with Crippen molar-refractivity contribution in [2.45, 2.75) is 32.2 Å². The molecule has 1 aliphatic carbocycles. The average molecular weight is 359 g/mol. The molecule has 3 rings (SSSR count). The Morgan fingerprint density at radius 3 is 3.00 bits per heavy atom. The van der Waals surface area contributed by atoms with Gasteiger partial charge >= 0.3 is 0 Å². The second kappa shape index (κ2) is 8.85. The van der Waals surface area contributed by atoms with E-state index in [0.717, 1.165) is 30.6 Å². The number of aromatic nitrogens is 1. The number of pyridine rings is 1. The highest BCUT2D eigenvalue weighted by atomic mass is 32.1. The summed E-state index contributed by atoms with van der Waals surface area (Å²) < 4.78 is 5.74. The molecule has 1 saturated carbocycles. The van der Waals surface area contributed by atoms with Crippen molar-refractivity contribution in [1.82, 2.24) is 15.6 Å². The minimum atomic E-state index is 0.460. The second-order valence-corrected chi connectivity index (χ2v) is 7.46. The predicted molar refractivity (Wildman–Crippen MR) is 103 cm³/mol. The van der Waals surface area contributed by atoms with Crippen LogP contribution < -0.4 is 15.4 Å². The molecule has 0 amide bonds. The monoisotopic (exact) mass is 358 g/mol. The summed E-state index contributed by atoms with van der Waals surface area (Å²) in [6.07, 6.45) is 4.37. The fourth-order valence-corrected chi connectivity index (χ4v) is 3.24. The third kappa shape index (κ3) is 5.74. The Morgan fingerprint density at radius 1 is 1.40 bits per heavy atom. The van der Waals surface area contributed by atoms with Gasteiger partial charge in [0.25, 0.3) is 0 Å². The van der Waals surface area contributed by atoms with Crippen molar-refractivity contribution < 1.29 is 4.74 Å². The number of ether oxygens (including phenoxy) is 1. The number of thiophene rings is 1. The largest absolute Gasteiger partial charge is 0.477 e. The third-order valence-corrected chi connectivity index (χ3v) is 5.36. The van der Waals surface area contributed by atoms with Crippen molar-refractivity contribution >= 4 is 17.3 Å². The molecule has 0 radical (unpaired) electrons. The van der Waals surface area contributed by atoms with Crippen LogP contribution in [0.1, 0.15) is 36.1 Å². The SMILES string of the molecule is CN=C(NCc1ccnc(OCC2CC2)c1)NCC(C)c1cccs1. The zero-order valence-corrected chi connectivity index (χ0v) is 15.7. The molecule has 2 N–H and O–H groups in total. The molecule has 2 aromatic rings. The van der Waals surface area contributed by atoms with E-state index in [1.807, 2.05) is 12.1 Å². The highest BCUT2D eigenvalue weighted by molar-refractivity contribution is 7.10. The first kappa shape index (κ1) is 17.7. The quantitative estimate of drug-likeness (QED) is 0.561. The van der Waals surface area contributed by atoms with Crippen molar-refractivity contribution in [2.24, 2.45) is 10.9 Å². The molecular formula is C19H26N4OS. The molecule has 1 atom stereocenters. The van der Waals surface area contributed by atoms with Crippen LogP contribution in [0.3, 0.4) is 0 Å². The van der Waals surface area contributed by atoms with Crippen molar-refractivity contribution in [1.29, 1.82) is 0 Å². The van der Waals surface area contributed by atoms with Gasteiger partial charge in [-0.3, -0.25) is 4.99 Å². The first-order chi connectivity index (χ1) is 12.2. The van der Waals surface area contributed by atoms with Gasteiger partial charge in [0.05, 0.1) is 6.61 Å². The van der Waals surface area contributed by atoms with E-state index in [1.54, 1.807) is 24.6 Å². The molecule has 5 nitrogen and oxygen atoms in total. The summed E-state index contributed by atoms with van der Waals surface area (Å²) in [7, 11) is 1.79. The summed E-state index contributed by atoms with van der Waals surface area (Å²) in [5.41, 5.74) is 1.13. The lowest BCUT2D eigenvalue weighted by atomic mass is 10.1. The predicted octanol–water partition coefficient (Wildman–Crippen LogP) is 3.40. The Balaban J connectivity index is 1.44. The van der Waals surface area contributed by atoms with Gasteiger partial charge in [0.2, 0.25) is 5.88 Å². The lowest BCUT2D eigenvalue weighted by molar-refractivity contribution is 0.288. The maximum Gasteiger partial charge on any atom is 0.213 e. The average Bonchev–Trinajstić information content (AvgIpc) is 3.31. The molecule has 2 heterocycles. The molecule has 0 aliphatic heterocycles. The van der Waals surface area contributed by atoms with Gasteiger partial charge in [-0.05, 0) is 41.8 Å². The minimum absolute atomic E-state index is 0.460. The highest BCUT2D eigenvalue weighted by Gasteiger charge is 2.22. The van der Waals surface area contributed by atoms with Crippen LogP contribution in [-0.4, -0.2) is 31.1 Å². The number of hydrogen-bond donors (Lipinski definition) is 2. The molecular weight excluding hydrogens is 332 g/mol. The van der Waals surface area contributed by atoms with Gasteiger partial charge in [-0.15, -0.1) is 11.3 Å². The van der Waals surface area contributed by atoms with Gasteiger partial charge in [0, 0.05) is 43.2 Å². The van der Waals surface area contributed by atoms with Crippen LogP contribution in [0, 0.1) is 5.92 Å². The van der Waals surface area contributed by atoms with E-state index in [-0.39, 0.29) is 0 Å². The molecule has 0 spiro atoms. The van der Waals surface area contributed by atoms with E-state index in [4.69, 9.17) is 4.74 Å². The van der Waals surface area contributed by atoms with Crippen LogP contribution in [-0.2, 0) is 6.54 Å². The first-order valence-electron chi connectivity index (χ1n) is 8.80. The summed E-state index contributed by atoms with van der Waals surface area (Å²) in [6, 6.07) is 8.26. The summed E-state index contributed by atoms with van der Waals surface area (Å²) in [4.78, 5) is 9.96. The molecule has 0 saturated heterocycles. The Kier molecular flexibility index (Phi) is 6.28. The van der Waals surface area contributed by atoms with Gasteiger partial charge in [-0.1, -0.05) is 13.0 Å². The summed E-state index contributed by atoms with van der Waals surface area (Å²) >= 11 is 1.79. The molecule has 1 fully saturated rings. The van der Waals surface area contributed by atoms with Gasteiger partial charge in [0.15, 0.2) is 5.96 Å². The van der Waals surface area contributed by atoms with Crippen molar-refractivity contribution in [3.63, 3.8) is 0 Å². The van der Waals surface area contributed by atoms with Crippen molar-refractivity contribution in [2.75, 3.05) is 20.2 Å². The molecule has 0 bridgehead atoms. The minimum Gasteiger partial charge on any atom is -0.477 e. The van der Waals surface area contributed by atoms with Crippen LogP contribution in [0.4, 0.5) is 0 Å². The third-order valence-electron chi connectivity index (χ3n) is 4.25. The van der Waals surface area contributed by atoms with Crippen molar-refractivity contribution in [3.05, 3.63) is 46.3 Å². The van der Waals surface area contributed by atoms with Crippen LogP contribution in [0.25, 0.3) is 0 Å². The highest BCUT2D eigenvalue weighted by Crippen LogP contribution is 2.29. The van der Waals surface area contributed by atoms with E-state index in [2.05, 4.69) is 45.0 Å². The Hall–Kier alpha value is -2.08. The van der Waals surface area contributed by atoms with Gasteiger partial charge < -0.3 is 15.4 Å². The number of nitrogens with one attached hydrogen (secondary N) is 2. The number of nitrogens with zero attached hydrogens (tertiary/aromatic N) is 2. The number of guanidine groups is 1. The lowest BCUT2D eigenvalue weighted by Crippen LogP contribution is -2.38. The van der Waals surface area contributed by atoms with Crippen LogP contribution >= 0.6 is 11.3 Å². The van der Waals surface area contributed by atoms with Crippen molar-refractivity contribution in [3.8, 4) is 5.88 Å². The maximum absolute atomic E-state index is 5.74. The van der Waals surface area contributed by atoms with Crippen LogP contribution in [0.5, 0.6) is 5.88 Å². The molecule has 134 valence electrons. The van der Waals surface area contributed by atoms with Crippen LogP contribution in [0.2, 0.25) is 0 Å². The number of aliphatic imine (C=N–C) groups is 1. The molecule has 0 aromatic carbocycles. The maximum atomic E-state index is 5.74. The number of hydrogen-bond acceptors (Lipinski definition) is 4. The van der Waals surface area contributed by atoms with E-state index >= 15 is 0 Å². The standard InChI is InChI=1S/C19H26N4OS/c1-14(17-4-3-9-25-17)11-22-19(20-2)23-12-16-7-8-21-18(10-16)24-13-15-5-6-15/h3-4,7-10,14-15H,5-6,11-13H2,1-2H3,(H2,20,22,23). The van der Waals surface area contributed by atoms with E-state index in [9.17, 15) is 0 Å². The van der Waals surface area contributed by atoms with E-state index < -0.39 is 0 Å². The molecule has 1 unspecified atom stereocenters. The first-order valence-corrected chi connectivity index (χ1v) is 9.68. The second-order valence-electron chi connectivity index (χ2n) is 6.48. The molecule has 2 aromatic heterocycles. The number of rotatable bonds is 8. The zero-order chi connectivity index (χ0) is 17.5. The lowest BCUT2D eigenvalue weighted by Gasteiger charge is -2.15. The molecule has 25 heavy (non-hydrogen) atoms. The van der Waals surface area contributed by atoms with Gasteiger partial charge in [0.1, 0.15) is 0 Å². The van der Waals surface area contributed by atoms with E-state index in [1.165, 1.54) is 17.7 Å². The smallest absolute Gasteiger partial charge is 0.213 e. The van der Waals surface area contributed by atoms with Gasteiger partial charge in [-0.25, -0.2) is 4.98 Å². The Morgan fingerprint density at radius 2 is 2.28 bits per heavy atom. The van der Waals surface area contributed by atoms with E-state index in [0.29, 0.717) is 18.3 Å². The fraction of sp³-hybridized carbons (Fsp3) is 0.474. The Bertz CT molecular complexity index is 682. The molecule has 1 aliphatic rings. The summed E-state index contributed by atoms with van der Waals surface area (Å²) in [5.74, 6) is 2.71.